The second-order valence-electron chi connectivity index (χ2n) is 3.65. The Morgan fingerprint density at radius 2 is 1.89 bits per heavy atom. The summed E-state index contributed by atoms with van der Waals surface area (Å²) in [6.45, 7) is 0.0868. The smallest absolute Gasteiger partial charge is 0.338 e. The number of halogens is 3. The van der Waals surface area contributed by atoms with Gasteiger partial charge in [-0.25, -0.2) is 0 Å². The maximum atomic E-state index is 12.4. The number of hydrogen-bond donors (Lipinski definition) is 1. The Hall–Kier alpha value is -1.89. The highest BCUT2D eigenvalue weighted by Crippen LogP contribution is 2.29. The van der Waals surface area contributed by atoms with Crippen LogP contribution in [0.1, 0.15) is 23.2 Å². The van der Waals surface area contributed by atoms with Gasteiger partial charge in [0.05, 0.1) is 5.92 Å². The van der Waals surface area contributed by atoms with Crippen molar-refractivity contribution in [3.63, 3.8) is 0 Å². The number of alkyl halides is 3. The summed E-state index contributed by atoms with van der Waals surface area (Å²) in [7, 11) is 0. The third-order valence-electron chi connectivity index (χ3n) is 2.43. The summed E-state index contributed by atoms with van der Waals surface area (Å²) in [5.41, 5.74) is 6.28. The minimum atomic E-state index is -4.61. The van der Waals surface area contributed by atoms with Gasteiger partial charge in [-0.1, -0.05) is 35.5 Å². The van der Waals surface area contributed by atoms with Crippen molar-refractivity contribution in [3.05, 3.63) is 47.6 Å². The Morgan fingerprint density at radius 1 is 1.22 bits per heavy atom. The Kier molecular flexibility index (Phi) is 3.33. The number of nitrogens with zero attached hydrogens (tertiary/aromatic N) is 2. The summed E-state index contributed by atoms with van der Waals surface area (Å²) in [5.74, 6) is -1.95. The van der Waals surface area contributed by atoms with E-state index in [2.05, 4.69) is 14.7 Å². The van der Waals surface area contributed by atoms with E-state index >= 15 is 0 Å². The first kappa shape index (κ1) is 12.6. The molecular formula is C11H10F3N3O. The van der Waals surface area contributed by atoms with Crippen molar-refractivity contribution >= 4 is 0 Å². The highest BCUT2D eigenvalue weighted by Gasteiger charge is 2.38. The monoisotopic (exact) mass is 257 g/mol. The Morgan fingerprint density at radius 3 is 2.39 bits per heavy atom. The lowest BCUT2D eigenvalue weighted by Crippen LogP contribution is -2.15. The van der Waals surface area contributed by atoms with Crippen LogP contribution < -0.4 is 5.73 Å². The van der Waals surface area contributed by atoms with E-state index in [-0.39, 0.29) is 12.4 Å². The largest absolute Gasteiger partial charge is 0.455 e. The number of hydrogen-bond acceptors (Lipinski definition) is 4. The minimum absolute atomic E-state index is 0.0868. The lowest BCUT2D eigenvalue weighted by molar-refractivity contribution is -0.146. The van der Waals surface area contributed by atoms with Gasteiger partial charge in [0, 0.05) is 6.54 Å². The summed E-state index contributed by atoms with van der Waals surface area (Å²) >= 11 is 0. The molecule has 0 amide bonds. The molecule has 1 unspecified atom stereocenters. The molecule has 0 aliphatic heterocycles. The summed E-state index contributed by atoms with van der Waals surface area (Å²) in [6, 6.07) is 8.81. The summed E-state index contributed by atoms with van der Waals surface area (Å²) in [5, 5.41) is 2.92. The van der Waals surface area contributed by atoms with E-state index in [0.29, 0.717) is 0 Å². The van der Waals surface area contributed by atoms with Crippen molar-refractivity contribution in [1.82, 2.24) is 10.1 Å². The van der Waals surface area contributed by atoms with Crippen LogP contribution in [-0.2, 0) is 6.18 Å². The molecule has 0 saturated heterocycles. The first-order chi connectivity index (χ1) is 8.52. The average molecular weight is 257 g/mol. The third kappa shape index (κ3) is 2.51. The van der Waals surface area contributed by atoms with E-state index in [0.717, 1.165) is 5.56 Å². The van der Waals surface area contributed by atoms with Crippen LogP contribution in [0.25, 0.3) is 0 Å². The van der Waals surface area contributed by atoms with E-state index in [9.17, 15) is 13.2 Å². The maximum Gasteiger partial charge on any atom is 0.455 e. The van der Waals surface area contributed by atoms with Crippen LogP contribution in [-0.4, -0.2) is 16.7 Å². The van der Waals surface area contributed by atoms with Crippen LogP contribution in [0.2, 0.25) is 0 Å². The molecule has 0 saturated carbocycles. The number of rotatable bonds is 3. The molecule has 2 aromatic rings. The SMILES string of the molecule is NCC(c1ccccc1)c1nc(C(F)(F)F)no1. The zero-order valence-electron chi connectivity index (χ0n) is 9.19. The molecule has 0 fully saturated rings. The van der Waals surface area contributed by atoms with Gasteiger partial charge in [0.25, 0.3) is 5.82 Å². The number of aromatic nitrogens is 2. The van der Waals surface area contributed by atoms with Gasteiger partial charge < -0.3 is 10.3 Å². The van der Waals surface area contributed by atoms with Crippen LogP contribution in [0.3, 0.4) is 0 Å². The lowest BCUT2D eigenvalue weighted by atomic mass is 9.99. The normalized spacial score (nSPS) is 13.6. The molecule has 1 heterocycles. The molecular weight excluding hydrogens is 247 g/mol. The van der Waals surface area contributed by atoms with Crippen molar-refractivity contribution in [2.24, 2.45) is 5.73 Å². The van der Waals surface area contributed by atoms with Crippen LogP contribution >= 0.6 is 0 Å². The second-order valence-corrected chi connectivity index (χ2v) is 3.65. The van der Waals surface area contributed by atoms with Crippen LogP contribution in [0, 0.1) is 0 Å². The molecule has 1 atom stereocenters. The highest BCUT2D eigenvalue weighted by atomic mass is 19.4. The van der Waals surface area contributed by atoms with E-state index in [1.54, 1.807) is 30.3 Å². The summed E-state index contributed by atoms with van der Waals surface area (Å²) in [4.78, 5) is 3.35. The van der Waals surface area contributed by atoms with E-state index in [1.807, 2.05) is 0 Å². The molecule has 0 bridgehead atoms. The Labute approximate surface area is 101 Å². The maximum absolute atomic E-state index is 12.4. The van der Waals surface area contributed by atoms with Gasteiger partial charge in [0.1, 0.15) is 0 Å². The molecule has 0 aliphatic rings. The zero-order valence-corrected chi connectivity index (χ0v) is 9.19. The van der Waals surface area contributed by atoms with Gasteiger partial charge in [-0.15, -0.1) is 0 Å². The quantitative estimate of drug-likeness (QED) is 0.915. The topological polar surface area (TPSA) is 64.9 Å². The van der Waals surface area contributed by atoms with Gasteiger partial charge in [-0.3, -0.25) is 0 Å². The molecule has 1 aromatic carbocycles. The summed E-state index contributed by atoms with van der Waals surface area (Å²) in [6.07, 6.45) is -4.61. The van der Waals surface area contributed by atoms with Gasteiger partial charge in [0.15, 0.2) is 0 Å². The Bertz CT molecular complexity index is 510. The molecule has 2 N–H and O–H groups in total. The molecule has 1 aromatic heterocycles. The predicted molar refractivity (Wildman–Crippen MR) is 56.6 cm³/mol. The molecule has 2 rings (SSSR count). The van der Waals surface area contributed by atoms with Gasteiger partial charge in [-0.2, -0.15) is 18.2 Å². The van der Waals surface area contributed by atoms with Crippen LogP contribution in [0.4, 0.5) is 13.2 Å². The molecule has 18 heavy (non-hydrogen) atoms. The van der Waals surface area contributed by atoms with Gasteiger partial charge in [-0.05, 0) is 5.56 Å². The highest BCUT2D eigenvalue weighted by molar-refractivity contribution is 5.24. The first-order valence-electron chi connectivity index (χ1n) is 5.18. The van der Waals surface area contributed by atoms with E-state index < -0.39 is 17.9 Å². The predicted octanol–water partition coefficient (Wildman–Crippen LogP) is 2.18. The molecule has 0 aliphatic carbocycles. The molecule has 0 spiro atoms. The molecule has 0 radical (unpaired) electrons. The van der Waals surface area contributed by atoms with Crippen molar-refractivity contribution in [1.29, 1.82) is 0 Å². The first-order valence-corrected chi connectivity index (χ1v) is 5.18. The standard InChI is InChI=1S/C11H10F3N3O/c12-11(13,14)10-16-9(18-17-10)8(6-15)7-4-2-1-3-5-7/h1-5,8H,6,15H2. The molecule has 4 nitrogen and oxygen atoms in total. The second kappa shape index (κ2) is 4.77. The third-order valence-corrected chi connectivity index (χ3v) is 2.43. The fourth-order valence-corrected chi connectivity index (χ4v) is 1.56. The van der Waals surface area contributed by atoms with Crippen molar-refractivity contribution in [2.75, 3.05) is 6.54 Å². The van der Waals surface area contributed by atoms with Gasteiger partial charge in [0.2, 0.25) is 5.89 Å². The van der Waals surface area contributed by atoms with Crippen LogP contribution in [0.15, 0.2) is 34.9 Å². The minimum Gasteiger partial charge on any atom is -0.338 e. The van der Waals surface area contributed by atoms with Gasteiger partial charge >= 0.3 is 6.18 Å². The van der Waals surface area contributed by atoms with E-state index in [4.69, 9.17) is 5.73 Å². The van der Waals surface area contributed by atoms with Crippen molar-refractivity contribution in [3.8, 4) is 0 Å². The average Bonchev–Trinajstić information content (AvgIpc) is 2.81. The molecule has 96 valence electrons. The summed E-state index contributed by atoms with van der Waals surface area (Å²) < 4.78 is 41.7. The number of benzene rings is 1. The fraction of sp³-hybridized carbons (Fsp3) is 0.273. The van der Waals surface area contributed by atoms with Crippen molar-refractivity contribution < 1.29 is 17.7 Å². The van der Waals surface area contributed by atoms with E-state index in [1.165, 1.54) is 0 Å². The lowest BCUT2D eigenvalue weighted by Gasteiger charge is -2.09. The molecule has 7 heteroatoms. The van der Waals surface area contributed by atoms with Crippen LogP contribution in [0.5, 0.6) is 0 Å². The number of nitrogens with two attached hydrogens (primary N) is 1. The fourth-order valence-electron chi connectivity index (χ4n) is 1.56. The van der Waals surface area contributed by atoms with Crippen molar-refractivity contribution in [2.45, 2.75) is 12.1 Å². The zero-order chi connectivity index (χ0) is 13.2. The Balaban J connectivity index is 2.32.